The molecule has 2 aliphatic heterocycles. The van der Waals surface area contributed by atoms with Crippen LogP contribution in [0.2, 0.25) is 0 Å². The minimum Gasteiger partial charge on any atom is -0.481 e. The van der Waals surface area contributed by atoms with E-state index < -0.39 is 29.6 Å². The van der Waals surface area contributed by atoms with Gasteiger partial charge in [-0.05, 0) is 46.8 Å². The number of aliphatic carboxylic acids is 1. The molecule has 13 heteroatoms. The van der Waals surface area contributed by atoms with Crippen molar-refractivity contribution in [3.63, 3.8) is 0 Å². The molecular formula is C26H27BrF2N4O5S. The molecule has 208 valence electrons. The molecule has 1 saturated carbocycles. The largest absolute Gasteiger partial charge is 0.481 e. The van der Waals surface area contributed by atoms with E-state index >= 15 is 0 Å². The molecular weight excluding hydrogens is 598 g/mol. The van der Waals surface area contributed by atoms with E-state index in [0.717, 1.165) is 6.07 Å². The molecule has 1 aromatic carbocycles. The third kappa shape index (κ3) is 5.63. The van der Waals surface area contributed by atoms with Gasteiger partial charge in [-0.15, -0.1) is 11.3 Å². The zero-order valence-corrected chi connectivity index (χ0v) is 23.4. The summed E-state index contributed by atoms with van der Waals surface area (Å²) in [5.41, 5.74) is 0.969. The number of hydrogen-bond donors (Lipinski definition) is 2. The van der Waals surface area contributed by atoms with Crippen molar-refractivity contribution >= 4 is 45.0 Å². The Labute approximate surface area is 236 Å². The van der Waals surface area contributed by atoms with E-state index in [-0.39, 0.29) is 46.5 Å². The molecule has 0 radical (unpaired) electrons. The van der Waals surface area contributed by atoms with Gasteiger partial charge in [-0.1, -0.05) is 6.07 Å². The Bertz CT molecular complexity index is 1320. The quantitative estimate of drug-likeness (QED) is 0.336. The lowest BCUT2D eigenvalue weighted by Crippen LogP contribution is -2.55. The number of carboxylic acid groups (broad SMARTS) is 1. The third-order valence-electron chi connectivity index (χ3n) is 7.36. The maximum Gasteiger partial charge on any atom is 0.338 e. The highest BCUT2D eigenvalue weighted by Crippen LogP contribution is 2.43. The van der Waals surface area contributed by atoms with Gasteiger partial charge in [0.1, 0.15) is 6.04 Å². The minimum absolute atomic E-state index is 0.0178. The van der Waals surface area contributed by atoms with Gasteiger partial charge >= 0.3 is 11.9 Å². The van der Waals surface area contributed by atoms with Crippen LogP contribution in [-0.2, 0) is 19.1 Å². The van der Waals surface area contributed by atoms with Gasteiger partial charge in [0.25, 0.3) is 0 Å². The van der Waals surface area contributed by atoms with Gasteiger partial charge in [-0.3, -0.25) is 14.7 Å². The number of nitrogens with zero attached hydrogens (tertiary/aromatic N) is 3. The standard InChI is InChI=1S/C26H27BrF2N4O5S/c1-2-38-26(36)20-17(11-33-6-7-37-12-15-13(9-18(15)33)10-19(34)35)31-24(25-30-5-8-39-25)32-23(20)14-3-4-16(28)22(29)21(14)27/h3-5,8,13,15,18,23H,2,6-7,9-12H2,1H3,(H,31,32)(H,34,35). The number of carboxylic acids is 1. The number of aliphatic imine (C=N–C) groups is 1. The maximum atomic E-state index is 14.6. The molecule has 4 atom stereocenters. The summed E-state index contributed by atoms with van der Waals surface area (Å²) in [6, 6.07) is 1.48. The Morgan fingerprint density at radius 1 is 1.36 bits per heavy atom. The molecule has 39 heavy (non-hydrogen) atoms. The third-order valence-corrected chi connectivity index (χ3v) is 8.95. The number of hydrogen-bond acceptors (Lipinski definition) is 9. The number of esters is 1. The van der Waals surface area contributed by atoms with Crippen LogP contribution in [0.4, 0.5) is 8.78 Å². The number of fused-ring (bicyclic) bond motifs is 1. The molecule has 2 fully saturated rings. The number of carbonyl (C=O) groups excluding carboxylic acids is 1. The Balaban J connectivity index is 1.56. The second-order valence-electron chi connectivity index (χ2n) is 9.59. The number of halogens is 3. The Morgan fingerprint density at radius 2 is 2.18 bits per heavy atom. The highest BCUT2D eigenvalue weighted by atomic mass is 79.9. The molecule has 2 aromatic rings. The van der Waals surface area contributed by atoms with E-state index in [4.69, 9.17) is 14.5 Å². The van der Waals surface area contributed by atoms with Crippen molar-refractivity contribution in [2.45, 2.75) is 31.8 Å². The summed E-state index contributed by atoms with van der Waals surface area (Å²) in [7, 11) is 0. The molecule has 1 saturated heterocycles. The van der Waals surface area contributed by atoms with Gasteiger partial charge in [-0.2, -0.15) is 0 Å². The van der Waals surface area contributed by atoms with Gasteiger partial charge in [-0.25, -0.2) is 18.6 Å². The first-order chi connectivity index (χ1) is 18.8. The first-order valence-corrected chi connectivity index (χ1v) is 14.3. The maximum absolute atomic E-state index is 14.6. The van der Waals surface area contributed by atoms with Crippen molar-refractivity contribution in [1.82, 2.24) is 15.2 Å². The first kappa shape index (κ1) is 27.8. The fourth-order valence-corrected chi connectivity index (χ4v) is 6.59. The summed E-state index contributed by atoms with van der Waals surface area (Å²) in [4.78, 5) is 36.0. The summed E-state index contributed by atoms with van der Waals surface area (Å²) >= 11 is 4.51. The number of benzene rings is 1. The summed E-state index contributed by atoms with van der Waals surface area (Å²) in [6.45, 7) is 3.61. The average Bonchev–Trinajstić information content (AvgIpc) is 3.38. The molecule has 3 aliphatic rings. The highest BCUT2D eigenvalue weighted by molar-refractivity contribution is 9.10. The van der Waals surface area contributed by atoms with Crippen LogP contribution >= 0.6 is 27.3 Å². The minimum atomic E-state index is -1.08. The Hall–Kier alpha value is -2.74. The van der Waals surface area contributed by atoms with E-state index in [1.165, 1.54) is 17.4 Å². The average molecular weight is 625 g/mol. The SMILES string of the molecule is CCOC(=O)C1=C(CN2CCOCC3C(CC(=O)O)CC32)NC(c2nccs2)=NC1c1ccc(F)c(F)c1Br. The molecule has 9 nitrogen and oxygen atoms in total. The zero-order valence-electron chi connectivity index (χ0n) is 21.0. The predicted molar refractivity (Wildman–Crippen MR) is 142 cm³/mol. The van der Waals surface area contributed by atoms with E-state index in [0.29, 0.717) is 49.3 Å². The number of carbonyl (C=O) groups is 2. The molecule has 5 rings (SSSR count). The number of amidine groups is 1. The number of thiazole rings is 1. The summed E-state index contributed by atoms with van der Waals surface area (Å²) < 4.78 is 39.7. The van der Waals surface area contributed by atoms with Crippen molar-refractivity contribution in [1.29, 1.82) is 0 Å². The van der Waals surface area contributed by atoms with Crippen molar-refractivity contribution in [3.8, 4) is 0 Å². The van der Waals surface area contributed by atoms with Crippen LogP contribution in [0.5, 0.6) is 0 Å². The number of nitrogens with one attached hydrogen (secondary N) is 1. The highest BCUT2D eigenvalue weighted by Gasteiger charge is 2.47. The van der Waals surface area contributed by atoms with Crippen LogP contribution in [0.1, 0.15) is 36.4 Å². The predicted octanol–water partition coefficient (Wildman–Crippen LogP) is 3.90. The van der Waals surface area contributed by atoms with E-state index in [2.05, 4.69) is 31.1 Å². The molecule has 3 heterocycles. The fraction of sp³-hybridized carbons (Fsp3) is 0.462. The zero-order chi connectivity index (χ0) is 27.7. The molecule has 2 N–H and O–H groups in total. The van der Waals surface area contributed by atoms with Crippen LogP contribution in [-0.4, -0.2) is 71.7 Å². The second kappa shape index (κ2) is 11.8. The Kier molecular flexibility index (Phi) is 8.40. The number of rotatable bonds is 8. The van der Waals surface area contributed by atoms with Gasteiger partial charge in [0.05, 0.1) is 29.9 Å². The van der Waals surface area contributed by atoms with Gasteiger partial charge in [0.15, 0.2) is 22.5 Å². The lowest BCUT2D eigenvalue weighted by Gasteiger charge is -2.48. The Morgan fingerprint density at radius 3 is 2.90 bits per heavy atom. The topological polar surface area (TPSA) is 113 Å². The van der Waals surface area contributed by atoms with Crippen molar-refractivity contribution in [2.75, 3.05) is 32.9 Å². The van der Waals surface area contributed by atoms with Crippen molar-refractivity contribution in [2.24, 2.45) is 16.8 Å². The van der Waals surface area contributed by atoms with E-state index in [1.54, 1.807) is 18.5 Å². The lowest BCUT2D eigenvalue weighted by atomic mass is 9.67. The van der Waals surface area contributed by atoms with Crippen LogP contribution in [0.15, 0.2) is 44.4 Å². The first-order valence-electron chi connectivity index (χ1n) is 12.6. The van der Waals surface area contributed by atoms with Crippen LogP contribution in [0, 0.1) is 23.5 Å². The van der Waals surface area contributed by atoms with Crippen molar-refractivity contribution in [3.05, 3.63) is 61.7 Å². The van der Waals surface area contributed by atoms with Crippen LogP contribution in [0.3, 0.4) is 0 Å². The molecule has 1 aliphatic carbocycles. The van der Waals surface area contributed by atoms with Gasteiger partial charge in [0.2, 0.25) is 0 Å². The summed E-state index contributed by atoms with van der Waals surface area (Å²) in [6.07, 6.45) is 2.42. The summed E-state index contributed by atoms with van der Waals surface area (Å²) in [5.74, 6) is -3.08. The second-order valence-corrected chi connectivity index (χ2v) is 11.3. The molecule has 4 unspecified atom stereocenters. The number of ether oxygens (including phenoxy) is 2. The molecule has 1 aromatic heterocycles. The lowest BCUT2D eigenvalue weighted by molar-refractivity contribution is -0.141. The van der Waals surface area contributed by atoms with E-state index in [9.17, 15) is 23.5 Å². The summed E-state index contributed by atoms with van der Waals surface area (Å²) in [5, 5.41) is 14.9. The fourth-order valence-electron chi connectivity index (χ4n) is 5.47. The monoisotopic (exact) mass is 624 g/mol. The molecule has 0 bridgehead atoms. The van der Waals surface area contributed by atoms with Crippen molar-refractivity contribution < 1.29 is 33.0 Å². The molecule has 0 amide bonds. The van der Waals surface area contributed by atoms with Gasteiger partial charge in [0, 0.05) is 48.7 Å². The van der Waals surface area contributed by atoms with Gasteiger partial charge < -0.3 is 19.9 Å². The molecule has 0 spiro atoms. The van der Waals surface area contributed by atoms with Crippen LogP contribution in [0.25, 0.3) is 0 Å². The normalized spacial score (nSPS) is 25.2. The van der Waals surface area contributed by atoms with E-state index in [1.807, 2.05) is 0 Å². The van der Waals surface area contributed by atoms with Crippen LogP contribution < -0.4 is 5.32 Å². The number of aromatic nitrogens is 1. The smallest absolute Gasteiger partial charge is 0.338 e.